The third-order valence-corrected chi connectivity index (χ3v) is 2.65. The average molecular weight is 182 g/mol. The molecule has 0 aliphatic carbocycles. The molecule has 0 bridgehead atoms. The van der Waals surface area contributed by atoms with Gasteiger partial charge in [-0.05, 0) is 26.3 Å². The molecular weight excluding hydrogens is 168 g/mol. The zero-order valence-corrected chi connectivity index (χ0v) is 7.66. The van der Waals surface area contributed by atoms with Crippen LogP contribution in [0.15, 0.2) is 11.1 Å². The lowest BCUT2D eigenvalue weighted by atomic mass is 10.00. The third-order valence-electron chi connectivity index (χ3n) is 2.65. The molecule has 2 atom stereocenters. The van der Waals surface area contributed by atoms with Gasteiger partial charge in [0.05, 0.1) is 6.04 Å². The van der Waals surface area contributed by atoms with Crippen LogP contribution in [0, 0.1) is 0 Å². The largest absolute Gasteiger partial charge is 0.343 e. The van der Waals surface area contributed by atoms with Crippen molar-refractivity contribution < 1.29 is 0 Å². The number of nitrogens with one attached hydrogen (secondary N) is 2. The van der Waals surface area contributed by atoms with Crippen LogP contribution in [0.3, 0.4) is 0 Å². The minimum absolute atomic E-state index is 0.111. The van der Waals surface area contributed by atoms with E-state index in [1.165, 1.54) is 0 Å². The van der Waals surface area contributed by atoms with Crippen LogP contribution in [-0.4, -0.2) is 27.4 Å². The Morgan fingerprint density at radius 2 is 2.54 bits per heavy atom. The van der Waals surface area contributed by atoms with Gasteiger partial charge in [-0.3, -0.25) is 4.57 Å². The van der Waals surface area contributed by atoms with Crippen LogP contribution < -0.4 is 11.0 Å². The van der Waals surface area contributed by atoms with Gasteiger partial charge in [-0.2, -0.15) is 5.10 Å². The first-order chi connectivity index (χ1) is 6.29. The number of H-pyrrole nitrogens is 1. The van der Waals surface area contributed by atoms with Crippen LogP contribution in [0.2, 0.25) is 0 Å². The van der Waals surface area contributed by atoms with E-state index in [2.05, 4.69) is 22.4 Å². The van der Waals surface area contributed by atoms with Crippen molar-refractivity contribution in [2.45, 2.75) is 31.8 Å². The maximum absolute atomic E-state index is 11.3. The van der Waals surface area contributed by atoms with Gasteiger partial charge >= 0.3 is 5.69 Å². The van der Waals surface area contributed by atoms with Gasteiger partial charge in [-0.15, -0.1) is 0 Å². The first kappa shape index (κ1) is 8.50. The molecule has 1 aliphatic heterocycles. The van der Waals surface area contributed by atoms with E-state index in [4.69, 9.17) is 0 Å². The van der Waals surface area contributed by atoms with Crippen molar-refractivity contribution in [1.29, 1.82) is 0 Å². The molecular formula is C8H14N4O. The van der Waals surface area contributed by atoms with Crippen molar-refractivity contribution >= 4 is 0 Å². The van der Waals surface area contributed by atoms with Crippen molar-refractivity contribution in [1.82, 2.24) is 20.1 Å². The topological polar surface area (TPSA) is 62.7 Å². The second-order valence-corrected chi connectivity index (χ2v) is 3.52. The Morgan fingerprint density at radius 3 is 3.15 bits per heavy atom. The Balaban J connectivity index is 2.24. The first-order valence-electron chi connectivity index (χ1n) is 4.64. The zero-order chi connectivity index (χ0) is 9.26. The molecule has 1 aromatic rings. The van der Waals surface area contributed by atoms with Gasteiger partial charge in [0, 0.05) is 6.04 Å². The van der Waals surface area contributed by atoms with Gasteiger partial charge in [0.15, 0.2) is 0 Å². The summed E-state index contributed by atoms with van der Waals surface area (Å²) in [6, 6.07) is 0.601. The van der Waals surface area contributed by atoms with Crippen LogP contribution in [-0.2, 0) is 0 Å². The quantitative estimate of drug-likeness (QED) is 0.636. The molecule has 13 heavy (non-hydrogen) atoms. The Hall–Kier alpha value is -1.10. The monoisotopic (exact) mass is 182 g/mol. The molecule has 5 heteroatoms. The minimum atomic E-state index is -0.111. The second-order valence-electron chi connectivity index (χ2n) is 3.52. The normalized spacial score (nSPS) is 29.0. The van der Waals surface area contributed by atoms with E-state index in [0.29, 0.717) is 6.04 Å². The van der Waals surface area contributed by atoms with Crippen molar-refractivity contribution in [3.8, 4) is 0 Å². The second kappa shape index (κ2) is 3.33. The summed E-state index contributed by atoms with van der Waals surface area (Å²) in [7, 11) is 0. The molecule has 2 N–H and O–H groups in total. The van der Waals surface area contributed by atoms with Gasteiger partial charge in [0.25, 0.3) is 0 Å². The summed E-state index contributed by atoms with van der Waals surface area (Å²) in [5, 5.41) is 9.49. The van der Waals surface area contributed by atoms with Crippen LogP contribution in [0.25, 0.3) is 0 Å². The van der Waals surface area contributed by atoms with Gasteiger partial charge in [-0.1, -0.05) is 0 Å². The lowest BCUT2D eigenvalue weighted by Gasteiger charge is -2.29. The minimum Gasteiger partial charge on any atom is -0.312 e. The molecule has 1 aliphatic rings. The smallest absolute Gasteiger partial charge is 0.312 e. The fourth-order valence-corrected chi connectivity index (χ4v) is 1.90. The highest BCUT2D eigenvalue weighted by molar-refractivity contribution is 4.84. The van der Waals surface area contributed by atoms with Crippen LogP contribution in [0.1, 0.15) is 25.8 Å². The zero-order valence-electron chi connectivity index (χ0n) is 7.66. The van der Waals surface area contributed by atoms with Gasteiger partial charge in [-0.25, -0.2) is 9.89 Å². The van der Waals surface area contributed by atoms with Gasteiger partial charge < -0.3 is 5.32 Å². The summed E-state index contributed by atoms with van der Waals surface area (Å²) < 4.78 is 1.68. The number of piperidine rings is 1. The SMILES string of the molecule is CC1NCCCC1n1cn[nH]c1=O. The van der Waals surface area contributed by atoms with E-state index >= 15 is 0 Å². The van der Waals surface area contributed by atoms with Crippen molar-refractivity contribution in [3.63, 3.8) is 0 Å². The molecule has 1 fully saturated rings. The molecule has 2 rings (SSSR count). The van der Waals surface area contributed by atoms with E-state index in [0.717, 1.165) is 19.4 Å². The molecule has 1 saturated heterocycles. The number of nitrogens with zero attached hydrogens (tertiary/aromatic N) is 2. The first-order valence-corrected chi connectivity index (χ1v) is 4.64. The van der Waals surface area contributed by atoms with E-state index in [-0.39, 0.29) is 11.7 Å². The van der Waals surface area contributed by atoms with Crippen LogP contribution >= 0.6 is 0 Å². The molecule has 2 unspecified atom stereocenters. The molecule has 2 heterocycles. The predicted molar refractivity (Wildman–Crippen MR) is 48.6 cm³/mol. The third kappa shape index (κ3) is 1.51. The Kier molecular flexibility index (Phi) is 2.18. The van der Waals surface area contributed by atoms with E-state index in [1.807, 2.05) is 0 Å². The summed E-state index contributed by atoms with van der Waals surface area (Å²) in [6.45, 7) is 3.15. The Morgan fingerprint density at radius 1 is 1.69 bits per heavy atom. The van der Waals surface area contributed by atoms with Crippen molar-refractivity contribution in [2.24, 2.45) is 0 Å². The summed E-state index contributed by atoms with van der Waals surface area (Å²) in [6.07, 6.45) is 3.75. The molecule has 0 radical (unpaired) electrons. The number of rotatable bonds is 1. The molecule has 5 nitrogen and oxygen atoms in total. The lowest BCUT2D eigenvalue weighted by Crippen LogP contribution is -2.42. The van der Waals surface area contributed by atoms with Crippen molar-refractivity contribution in [2.75, 3.05) is 6.54 Å². The molecule has 0 amide bonds. The fraction of sp³-hybridized carbons (Fsp3) is 0.750. The Labute approximate surface area is 76.2 Å². The highest BCUT2D eigenvalue weighted by atomic mass is 16.1. The van der Waals surface area contributed by atoms with Gasteiger partial charge in [0.1, 0.15) is 6.33 Å². The van der Waals surface area contributed by atoms with Crippen LogP contribution in [0.4, 0.5) is 0 Å². The number of hydrogen-bond donors (Lipinski definition) is 2. The van der Waals surface area contributed by atoms with E-state index in [1.54, 1.807) is 10.9 Å². The van der Waals surface area contributed by atoms with Crippen LogP contribution in [0.5, 0.6) is 0 Å². The molecule has 0 saturated carbocycles. The van der Waals surface area contributed by atoms with E-state index in [9.17, 15) is 4.79 Å². The summed E-state index contributed by atoms with van der Waals surface area (Å²) >= 11 is 0. The number of aromatic nitrogens is 3. The maximum atomic E-state index is 11.3. The molecule has 72 valence electrons. The van der Waals surface area contributed by atoms with E-state index < -0.39 is 0 Å². The molecule has 1 aromatic heterocycles. The lowest BCUT2D eigenvalue weighted by molar-refractivity contribution is 0.290. The highest BCUT2D eigenvalue weighted by Gasteiger charge is 2.23. The highest BCUT2D eigenvalue weighted by Crippen LogP contribution is 2.19. The summed E-state index contributed by atoms with van der Waals surface area (Å²) in [5.74, 6) is 0. The summed E-state index contributed by atoms with van der Waals surface area (Å²) in [5.41, 5.74) is -0.111. The molecule has 0 aromatic carbocycles. The predicted octanol–water partition coefficient (Wildman–Crippen LogP) is -0.116. The number of aromatic amines is 1. The number of hydrogen-bond acceptors (Lipinski definition) is 3. The fourth-order valence-electron chi connectivity index (χ4n) is 1.90. The molecule has 0 spiro atoms. The van der Waals surface area contributed by atoms with Gasteiger partial charge in [0.2, 0.25) is 0 Å². The standard InChI is InChI=1S/C8H14N4O/c1-6-7(3-2-4-9-6)12-5-10-11-8(12)13/h5-7,9H,2-4H2,1H3,(H,11,13). The van der Waals surface area contributed by atoms with Crippen molar-refractivity contribution in [3.05, 3.63) is 16.8 Å². The Bertz CT molecular complexity index is 329. The maximum Gasteiger partial charge on any atom is 0.343 e. The summed E-state index contributed by atoms with van der Waals surface area (Å²) in [4.78, 5) is 11.3. The average Bonchev–Trinajstić information content (AvgIpc) is 2.52.